The Balaban J connectivity index is 1.92. The second-order valence-corrected chi connectivity index (χ2v) is 5.40. The zero-order chi connectivity index (χ0) is 11.1. The third-order valence-electron chi connectivity index (χ3n) is 3.88. The lowest BCUT2D eigenvalue weighted by Gasteiger charge is -2.53. The molecule has 3 nitrogen and oxygen atoms in total. The van der Waals surface area contributed by atoms with Crippen molar-refractivity contribution >= 4 is 5.91 Å². The fourth-order valence-corrected chi connectivity index (χ4v) is 2.73. The highest BCUT2D eigenvalue weighted by atomic mass is 16.5. The first-order valence-corrected chi connectivity index (χ1v) is 5.92. The molecule has 0 unspecified atom stereocenters. The number of ether oxygens (including phenoxy) is 1. The first kappa shape index (κ1) is 10.9. The topological polar surface area (TPSA) is 29.5 Å². The van der Waals surface area contributed by atoms with Gasteiger partial charge in [-0.2, -0.15) is 0 Å². The fourth-order valence-electron chi connectivity index (χ4n) is 2.73. The lowest BCUT2D eigenvalue weighted by Crippen LogP contribution is -2.66. The number of nitrogens with zero attached hydrogens (tertiary/aromatic N) is 1. The summed E-state index contributed by atoms with van der Waals surface area (Å²) >= 11 is 0. The van der Waals surface area contributed by atoms with Crippen molar-refractivity contribution in [1.82, 2.24) is 4.90 Å². The molecule has 3 heteroatoms. The summed E-state index contributed by atoms with van der Waals surface area (Å²) in [5.74, 6) is 1.68. The van der Waals surface area contributed by atoms with E-state index in [1.54, 1.807) is 6.92 Å². The predicted molar refractivity (Wildman–Crippen MR) is 58.5 cm³/mol. The van der Waals surface area contributed by atoms with E-state index in [1.807, 2.05) is 4.90 Å². The monoisotopic (exact) mass is 211 g/mol. The summed E-state index contributed by atoms with van der Waals surface area (Å²) < 4.78 is 5.87. The van der Waals surface area contributed by atoms with Gasteiger partial charge in [0.1, 0.15) is 5.60 Å². The number of hydrogen-bond acceptors (Lipinski definition) is 2. The molecule has 2 heterocycles. The van der Waals surface area contributed by atoms with Gasteiger partial charge in [0.2, 0.25) is 5.91 Å². The summed E-state index contributed by atoms with van der Waals surface area (Å²) in [6.07, 6.45) is 2.31. The Bertz CT molecular complexity index is 256. The number of amides is 1. The van der Waals surface area contributed by atoms with Crippen molar-refractivity contribution in [2.75, 3.05) is 19.7 Å². The molecule has 15 heavy (non-hydrogen) atoms. The van der Waals surface area contributed by atoms with Gasteiger partial charge in [0, 0.05) is 13.5 Å². The maximum absolute atomic E-state index is 11.1. The van der Waals surface area contributed by atoms with Crippen LogP contribution in [0.25, 0.3) is 0 Å². The average Bonchev–Trinajstić information content (AvgIpc) is 2.13. The highest BCUT2D eigenvalue weighted by Crippen LogP contribution is 2.39. The summed E-state index contributed by atoms with van der Waals surface area (Å²) in [6.45, 7) is 8.69. The number of carbonyl (C=O) groups excluding carboxylic acids is 1. The number of likely N-dealkylation sites (tertiary alicyclic amines) is 1. The van der Waals surface area contributed by atoms with Gasteiger partial charge in [-0.25, -0.2) is 0 Å². The van der Waals surface area contributed by atoms with Gasteiger partial charge in [-0.1, -0.05) is 13.8 Å². The molecule has 2 rings (SSSR count). The summed E-state index contributed by atoms with van der Waals surface area (Å²) in [4.78, 5) is 13.0. The first-order chi connectivity index (χ1) is 7.02. The van der Waals surface area contributed by atoms with Gasteiger partial charge in [0.15, 0.2) is 0 Å². The van der Waals surface area contributed by atoms with E-state index in [-0.39, 0.29) is 11.5 Å². The van der Waals surface area contributed by atoms with Crippen LogP contribution in [-0.2, 0) is 9.53 Å². The van der Waals surface area contributed by atoms with Crippen LogP contribution in [-0.4, -0.2) is 36.1 Å². The number of hydrogen-bond donors (Lipinski definition) is 0. The Morgan fingerprint density at radius 1 is 1.47 bits per heavy atom. The summed E-state index contributed by atoms with van der Waals surface area (Å²) in [6, 6.07) is 0. The molecular formula is C12H21NO2. The van der Waals surface area contributed by atoms with Crippen molar-refractivity contribution < 1.29 is 9.53 Å². The van der Waals surface area contributed by atoms with Gasteiger partial charge in [-0.05, 0) is 24.7 Å². The smallest absolute Gasteiger partial charge is 0.219 e. The van der Waals surface area contributed by atoms with Crippen molar-refractivity contribution in [3.05, 3.63) is 0 Å². The highest BCUT2D eigenvalue weighted by Gasteiger charge is 2.48. The lowest BCUT2D eigenvalue weighted by atomic mass is 9.76. The third-order valence-corrected chi connectivity index (χ3v) is 3.88. The van der Waals surface area contributed by atoms with Gasteiger partial charge in [-0.15, -0.1) is 0 Å². The number of carbonyl (C=O) groups is 1. The quantitative estimate of drug-likeness (QED) is 0.660. The van der Waals surface area contributed by atoms with Crippen LogP contribution in [0, 0.1) is 11.8 Å². The molecule has 1 amide bonds. The van der Waals surface area contributed by atoms with Crippen molar-refractivity contribution in [2.24, 2.45) is 11.8 Å². The van der Waals surface area contributed by atoms with Crippen LogP contribution in [0.15, 0.2) is 0 Å². The van der Waals surface area contributed by atoms with Gasteiger partial charge in [0.05, 0.1) is 13.1 Å². The van der Waals surface area contributed by atoms with E-state index in [4.69, 9.17) is 4.74 Å². The molecule has 0 aromatic rings. The van der Waals surface area contributed by atoms with Gasteiger partial charge >= 0.3 is 0 Å². The van der Waals surface area contributed by atoms with Crippen LogP contribution in [0.2, 0.25) is 0 Å². The van der Waals surface area contributed by atoms with E-state index in [0.29, 0.717) is 0 Å². The molecule has 0 saturated carbocycles. The maximum atomic E-state index is 11.1. The molecule has 0 radical (unpaired) electrons. The molecule has 0 aromatic heterocycles. The Morgan fingerprint density at radius 3 is 2.67 bits per heavy atom. The van der Waals surface area contributed by atoms with Crippen LogP contribution in [0.3, 0.4) is 0 Å². The molecule has 1 atom stereocenters. The minimum atomic E-state index is 0.0128. The molecule has 2 aliphatic heterocycles. The standard InChI is InChI=1S/C12H21NO2/c1-9(2)11-4-5-15-12(6-11)7-13(8-12)10(3)14/h9,11H,4-8H2,1-3H3/t11-/m0/s1. The molecule has 0 aromatic carbocycles. The van der Waals surface area contributed by atoms with Crippen LogP contribution < -0.4 is 0 Å². The van der Waals surface area contributed by atoms with Crippen LogP contribution >= 0.6 is 0 Å². The average molecular weight is 211 g/mol. The van der Waals surface area contributed by atoms with E-state index in [2.05, 4.69) is 13.8 Å². The predicted octanol–water partition coefficient (Wildman–Crippen LogP) is 1.67. The molecule has 0 aliphatic carbocycles. The Hall–Kier alpha value is -0.570. The Morgan fingerprint density at radius 2 is 2.13 bits per heavy atom. The Labute approximate surface area is 91.8 Å². The summed E-state index contributed by atoms with van der Waals surface area (Å²) in [5, 5.41) is 0. The molecular weight excluding hydrogens is 190 g/mol. The zero-order valence-corrected chi connectivity index (χ0v) is 9.95. The van der Waals surface area contributed by atoms with Crippen LogP contribution in [0.4, 0.5) is 0 Å². The molecule has 2 fully saturated rings. The van der Waals surface area contributed by atoms with Crippen molar-refractivity contribution in [3.8, 4) is 0 Å². The van der Waals surface area contributed by atoms with E-state index < -0.39 is 0 Å². The third kappa shape index (κ3) is 2.03. The maximum Gasteiger partial charge on any atom is 0.219 e. The summed E-state index contributed by atoms with van der Waals surface area (Å²) in [7, 11) is 0. The largest absolute Gasteiger partial charge is 0.371 e. The van der Waals surface area contributed by atoms with E-state index >= 15 is 0 Å². The molecule has 1 spiro atoms. The van der Waals surface area contributed by atoms with Crippen LogP contribution in [0.1, 0.15) is 33.6 Å². The van der Waals surface area contributed by atoms with Gasteiger partial charge < -0.3 is 9.64 Å². The van der Waals surface area contributed by atoms with E-state index in [0.717, 1.165) is 38.0 Å². The van der Waals surface area contributed by atoms with E-state index in [9.17, 15) is 4.79 Å². The van der Waals surface area contributed by atoms with Gasteiger partial charge in [0.25, 0.3) is 0 Å². The van der Waals surface area contributed by atoms with Gasteiger partial charge in [-0.3, -0.25) is 4.79 Å². The highest BCUT2D eigenvalue weighted by molar-refractivity contribution is 5.74. The second-order valence-electron chi connectivity index (χ2n) is 5.40. The van der Waals surface area contributed by atoms with Crippen LogP contribution in [0.5, 0.6) is 0 Å². The Kier molecular flexibility index (Phi) is 2.75. The molecule has 0 bridgehead atoms. The zero-order valence-electron chi connectivity index (χ0n) is 9.95. The SMILES string of the molecule is CC(=O)N1CC2(C[C@@H](C(C)C)CCO2)C1. The fraction of sp³-hybridized carbons (Fsp3) is 0.917. The normalized spacial score (nSPS) is 29.3. The van der Waals surface area contributed by atoms with Crippen molar-refractivity contribution in [1.29, 1.82) is 0 Å². The molecule has 2 saturated heterocycles. The number of rotatable bonds is 1. The first-order valence-electron chi connectivity index (χ1n) is 5.92. The summed E-state index contributed by atoms with van der Waals surface area (Å²) in [5.41, 5.74) is 0.0128. The van der Waals surface area contributed by atoms with E-state index in [1.165, 1.54) is 6.42 Å². The van der Waals surface area contributed by atoms with Crippen molar-refractivity contribution in [2.45, 2.75) is 39.2 Å². The molecule has 86 valence electrons. The lowest BCUT2D eigenvalue weighted by molar-refractivity contribution is -0.189. The molecule has 2 aliphatic rings. The minimum absolute atomic E-state index is 0.0128. The van der Waals surface area contributed by atoms with Crippen molar-refractivity contribution in [3.63, 3.8) is 0 Å². The second kappa shape index (κ2) is 3.78. The molecule has 0 N–H and O–H groups in total. The minimum Gasteiger partial charge on any atom is -0.371 e.